The molecule has 0 amide bonds. The van der Waals surface area contributed by atoms with Gasteiger partial charge >= 0.3 is 0 Å². The largest absolute Gasteiger partial charge is 0.493 e. The minimum atomic E-state index is 0.532. The van der Waals surface area contributed by atoms with Crippen molar-refractivity contribution in [3.05, 3.63) is 95.8 Å². The van der Waals surface area contributed by atoms with E-state index in [1.807, 2.05) is 61.8 Å². The van der Waals surface area contributed by atoms with Crippen LogP contribution in [-0.2, 0) is 0 Å². The van der Waals surface area contributed by atoms with Gasteiger partial charge in [-0.25, -0.2) is 0 Å². The first-order chi connectivity index (χ1) is 21.9. The normalized spacial score (nSPS) is 10.9. The van der Waals surface area contributed by atoms with Gasteiger partial charge < -0.3 is 28.4 Å². The summed E-state index contributed by atoms with van der Waals surface area (Å²) in [5.41, 5.74) is 8.07. The maximum atomic E-state index is 5.60. The third kappa shape index (κ3) is 6.40. The predicted octanol–water partition coefficient (Wildman–Crippen LogP) is 8.01. The number of hydrogen-bond acceptors (Lipinski definition) is 8. The van der Waals surface area contributed by atoms with Crippen LogP contribution in [0.15, 0.2) is 79.1 Å². The second-order valence-corrected chi connectivity index (χ2v) is 10.1. The number of methoxy groups -OCH3 is 6. The van der Waals surface area contributed by atoms with Crippen LogP contribution in [0.5, 0.6) is 34.5 Å². The lowest BCUT2D eigenvalue weighted by Crippen LogP contribution is -1.98. The summed E-state index contributed by atoms with van der Waals surface area (Å²) in [7, 11) is 9.58. The molecule has 0 saturated carbocycles. The molecule has 8 nitrogen and oxygen atoms in total. The molecule has 0 fully saturated rings. The lowest BCUT2D eigenvalue weighted by atomic mass is 9.98. The molecule has 0 aliphatic rings. The third-order valence-electron chi connectivity index (χ3n) is 7.46. The van der Waals surface area contributed by atoms with Gasteiger partial charge in [0, 0.05) is 34.6 Å². The molecule has 0 N–H and O–H groups in total. The average Bonchev–Trinajstić information content (AvgIpc) is 3.09. The van der Waals surface area contributed by atoms with Gasteiger partial charge in [0.15, 0.2) is 23.0 Å². The standard InChI is InChI=1S/C37H36N2O6/c1-23-15-29(22-38-34(23)27-19-32(42-4)37(45-7)33(20-27)43-5)35-25(14-13-24-11-9-8-10-12-24)16-28(21-39-35)26-17-30(40-2)36(44-6)31(18-26)41-3/h8-22H,1-7H3/b14-13+. The molecule has 0 aliphatic carbocycles. The van der Waals surface area contributed by atoms with Crippen LogP contribution in [0.25, 0.3) is 45.8 Å². The van der Waals surface area contributed by atoms with E-state index in [9.17, 15) is 0 Å². The molecule has 3 aromatic carbocycles. The van der Waals surface area contributed by atoms with Crippen molar-refractivity contribution in [3.63, 3.8) is 0 Å². The van der Waals surface area contributed by atoms with Crippen LogP contribution in [0, 0.1) is 6.92 Å². The molecule has 0 unspecified atom stereocenters. The Kier molecular flexibility index (Phi) is 9.53. The number of ether oxygens (including phenoxy) is 6. The number of rotatable bonds is 11. The fraction of sp³-hybridized carbons (Fsp3) is 0.189. The molecule has 2 aromatic heterocycles. The highest BCUT2D eigenvalue weighted by Crippen LogP contribution is 2.43. The van der Waals surface area contributed by atoms with Crippen molar-refractivity contribution in [3.8, 4) is 68.1 Å². The van der Waals surface area contributed by atoms with Crippen molar-refractivity contribution in [1.82, 2.24) is 9.97 Å². The van der Waals surface area contributed by atoms with E-state index in [0.29, 0.717) is 34.5 Å². The fourth-order valence-electron chi connectivity index (χ4n) is 5.23. The Labute approximate surface area is 263 Å². The maximum absolute atomic E-state index is 5.60. The van der Waals surface area contributed by atoms with E-state index in [1.165, 1.54) is 0 Å². The van der Waals surface area contributed by atoms with Crippen molar-refractivity contribution in [2.24, 2.45) is 0 Å². The van der Waals surface area contributed by atoms with Crippen LogP contribution in [0.4, 0.5) is 0 Å². The summed E-state index contributed by atoms with van der Waals surface area (Å²) < 4.78 is 33.4. The fourth-order valence-corrected chi connectivity index (χ4v) is 5.23. The molecule has 230 valence electrons. The van der Waals surface area contributed by atoms with E-state index in [1.54, 1.807) is 42.7 Å². The van der Waals surface area contributed by atoms with E-state index >= 15 is 0 Å². The Hall–Kier alpha value is -5.50. The molecule has 2 heterocycles. The molecule has 5 rings (SSSR count). The summed E-state index contributed by atoms with van der Waals surface area (Å²) in [6, 6.07) is 22.0. The highest BCUT2D eigenvalue weighted by molar-refractivity contribution is 5.83. The molecule has 0 spiro atoms. The van der Waals surface area contributed by atoms with E-state index in [-0.39, 0.29) is 0 Å². The van der Waals surface area contributed by atoms with E-state index in [2.05, 4.69) is 36.4 Å². The molecule has 0 saturated heterocycles. The van der Waals surface area contributed by atoms with Gasteiger partial charge in [-0.3, -0.25) is 9.97 Å². The monoisotopic (exact) mass is 604 g/mol. The molecule has 0 aliphatic heterocycles. The molecule has 5 aromatic rings. The topological polar surface area (TPSA) is 81.2 Å². The molecule has 0 bridgehead atoms. The number of aryl methyl sites for hydroxylation is 1. The Bertz CT molecular complexity index is 1790. The highest BCUT2D eigenvalue weighted by Gasteiger charge is 2.18. The Morgan fingerprint density at radius 2 is 1.00 bits per heavy atom. The lowest BCUT2D eigenvalue weighted by molar-refractivity contribution is 0.324. The molecule has 0 atom stereocenters. The summed E-state index contributed by atoms with van der Waals surface area (Å²) in [5, 5.41) is 0. The summed E-state index contributed by atoms with van der Waals surface area (Å²) in [4.78, 5) is 9.82. The number of aromatic nitrogens is 2. The van der Waals surface area contributed by atoms with Gasteiger partial charge in [0.2, 0.25) is 11.5 Å². The minimum absolute atomic E-state index is 0.532. The number of benzene rings is 3. The second-order valence-electron chi connectivity index (χ2n) is 10.1. The van der Waals surface area contributed by atoms with Crippen LogP contribution in [0.1, 0.15) is 16.7 Å². The van der Waals surface area contributed by atoms with Gasteiger partial charge in [-0.1, -0.05) is 42.5 Å². The summed E-state index contributed by atoms with van der Waals surface area (Å²) in [6.45, 7) is 2.03. The van der Waals surface area contributed by atoms with Crippen LogP contribution < -0.4 is 28.4 Å². The van der Waals surface area contributed by atoms with Gasteiger partial charge in [0.1, 0.15) is 0 Å². The van der Waals surface area contributed by atoms with Crippen molar-refractivity contribution < 1.29 is 28.4 Å². The zero-order chi connectivity index (χ0) is 31.9. The first-order valence-electron chi connectivity index (χ1n) is 14.3. The molecule has 0 radical (unpaired) electrons. The third-order valence-corrected chi connectivity index (χ3v) is 7.46. The van der Waals surface area contributed by atoms with Gasteiger partial charge in [0.25, 0.3) is 0 Å². The SMILES string of the molecule is COc1cc(-c2cnc(-c3cnc(-c4cc(OC)c(OC)c(OC)c4)c(C)c3)c(/C=C/c3ccccc3)c2)cc(OC)c1OC. The molecule has 8 heteroatoms. The second kappa shape index (κ2) is 13.9. The minimum Gasteiger partial charge on any atom is -0.493 e. The van der Waals surface area contributed by atoms with E-state index < -0.39 is 0 Å². The quantitative estimate of drug-likeness (QED) is 0.150. The average molecular weight is 605 g/mol. The van der Waals surface area contributed by atoms with Crippen molar-refractivity contribution >= 4 is 12.2 Å². The Morgan fingerprint density at radius 3 is 1.51 bits per heavy atom. The zero-order valence-electron chi connectivity index (χ0n) is 26.5. The first-order valence-corrected chi connectivity index (χ1v) is 14.3. The Morgan fingerprint density at radius 1 is 0.489 bits per heavy atom. The van der Waals surface area contributed by atoms with Crippen LogP contribution in [0.3, 0.4) is 0 Å². The summed E-state index contributed by atoms with van der Waals surface area (Å²) in [5.74, 6) is 3.33. The molecular formula is C37H36N2O6. The van der Waals surface area contributed by atoms with E-state index in [4.69, 9.17) is 38.4 Å². The number of nitrogens with zero attached hydrogens (tertiary/aromatic N) is 2. The Balaban J connectivity index is 1.62. The zero-order valence-corrected chi connectivity index (χ0v) is 26.5. The van der Waals surface area contributed by atoms with Gasteiger partial charge in [-0.05, 0) is 60.0 Å². The van der Waals surface area contributed by atoms with Gasteiger partial charge in [0.05, 0.1) is 54.0 Å². The van der Waals surface area contributed by atoms with Gasteiger partial charge in [-0.2, -0.15) is 0 Å². The van der Waals surface area contributed by atoms with Crippen molar-refractivity contribution in [1.29, 1.82) is 0 Å². The summed E-state index contributed by atoms with van der Waals surface area (Å²) >= 11 is 0. The van der Waals surface area contributed by atoms with Crippen LogP contribution in [-0.4, -0.2) is 52.6 Å². The molecular weight excluding hydrogens is 568 g/mol. The lowest BCUT2D eigenvalue weighted by Gasteiger charge is -2.16. The number of pyridine rings is 2. The number of hydrogen-bond donors (Lipinski definition) is 0. The summed E-state index contributed by atoms with van der Waals surface area (Å²) in [6.07, 6.45) is 7.83. The van der Waals surface area contributed by atoms with Gasteiger partial charge in [-0.15, -0.1) is 0 Å². The first kappa shape index (κ1) is 30.9. The van der Waals surface area contributed by atoms with Crippen LogP contribution >= 0.6 is 0 Å². The highest BCUT2D eigenvalue weighted by atomic mass is 16.5. The van der Waals surface area contributed by atoms with Crippen molar-refractivity contribution in [2.45, 2.75) is 6.92 Å². The maximum Gasteiger partial charge on any atom is 0.203 e. The van der Waals surface area contributed by atoms with E-state index in [0.717, 1.165) is 50.3 Å². The van der Waals surface area contributed by atoms with Crippen molar-refractivity contribution in [2.75, 3.05) is 42.7 Å². The molecule has 45 heavy (non-hydrogen) atoms. The predicted molar refractivity (Wildman–Crippen MR) is 178 cm³/mol. The smallest absolute Gasteiger partial charge is 0.203 e. The van der Waals surface area contributed by atoms with Crippen LogP contribution in [0.2, 0.25) is 0 Å².